The van der Waals surface area contributed by atoms with Crippen molar-refractivity contribution in [3.05, 3.63) is 263 Å². The van der Waals surface area contributed by atoms with Crippen LogP contribution in [-0.4, -0.2) is 0 Å². The molecule has 9 aromatic carbocycles. The van der Waals surface area contributed by atoms with Crippen LogP contribution in [0.25, 0.3) is 55.6 Å². The minimum absolute atomic E-state index is 0.266. The molecule has 0 bridgehead atoms. The molecule has 0 atom stereocenters. The maximum Gasteiger partial charge on any atom is 0.0725 e. The summed E-state index contributed by atoms with van der Waals surface area (Å²) in [5.41, 5.74) is 22.4. The minimum Gasteiger partial charge on any atom is -0.124 e. The molecule has 0 nitrogen and oxygen atoms in total. The highest BCUT2D eigenvalue weighted by atomic mass is 14.5. The first-order chi connectivity index (χ1) is 29.5. The van der Waals surface area contributed by atoms with Gasteiger partial charge in [0.2, 0.25) is 0 Å². The van der Waals surface area contributed by atoms with Gasteiger partial charge < -0.3 is 0 Å². The van der Waals surface area contributed by atoms with Gasteiger partial charge in [-0.05, 0) is 110 Å². The molecule has 2 aliphatic rings. The lowest BCUT2D eigenvalue weighted by atomic mass is 9.70. The van der Waals surface area contributed by atoms with Crippen LogP contribution in [0.3, 0.4) is 0 Å². The molecule has 2 aliphatic carbocycles. The molecular weight excluding hydrogens is 721 g/mol. The van der Waals surface area contributed by atoms with Crippen LogP contribution in [0.15, 0.2) is 224 Å². The van der Waals surface area contributed by atoms with Gasteiger partial charge in [0.1, 0.15) is 0 Å². The normalized spacial score (nSPS) is 11.8. The Morgan fingerprint density at radius 1 is 0.267 bits per heavy atom. The average Bonchev–Trinajstić information content (AvgIpc) is 3.78. The molecule has 0 saturated carbocycles. The first kappa shape index (κ1) is 39.4. The second-order valence-electron chi connectivity index (χ2n) is 15.4. The first-order valence-corrected chi connectivity index (χ1v) is 20.6. The fourth-order valence-corrected chi connectivity index (χ4v) is 8.91. The van der Waals surface area contributed by atoms with E-state index >= 15 is 0 Å². The zero-order valence-corrected chi connectivity index (χ0v) is 34.5. The lowest BCUT2D eigenvalue weighted by molar-refractivity contribution is 0.794. The molecule has 288 valence electrons. The largest absolute Gasteiger partial charge is 0.124 e. The fraction of sp³-hybridized carbons (Fsp3) is 0.0667. The Morgan fingerprint density at radius 3 is 1.00 bits per heavy atom. The Labute approximate surface area is 356 Å². The van der Waals surface area contributed by atoms with Gasteiger partial charge in [0, 0.05) is 0 Å². The molecule has 0 N–H and O–H groups in total. The molecule has 1 spiro atoms. The zero-order chi connectivity index (χ0) is 41.5. The van der Waals surface area contributed by atoms with Crippen molar-refractivity contribution in [2.75, 3.05) is 0 Å². The SMILES string of the molecule is C#C.Cc1ccc(-c2ccccc2)cc1.Cc1ccc(-c2ccccc2)cc1.Cc1ccccc1-c1ccc2c(c1)C1(c3ccccc3-c3ccccc31)c1ccccc1-2. The Kier molecular flexibility index (Phi) is 11.5. The predicted molar refractivity (Wildman–Crippen MR) is 256 cm³/mol. The van der Waals surface area contributed by atoms with Gasteiger partial charge in [-0.1, -0.05) is 230 Å². The molecule has 11 rings (SSSR count). The molecule has 9 aromatic rings. The summed E-state index contributed by atoms with van der Waals surface area (Å²) in [6, 6.07) is 80.8. The van der Waals surface area contributed by atoms with E-state index in [1.54, 1.807) is 0 Å². The Bertz CT molecular complexity index is 2730. The highest BCUT2D eigenvalue weighted by Crippen LogP contribution is 2.63. The molecule has 0 radical (unpaired) electrons. The van der Waals surface area contributed by atoms with Crippen LogP contribution in [-0.2, 0) is 5.41 Å². The summed E-state index contributed by atoms with van der Waals surface area (Å²) in [5, 5.41) is 0. The number of hydrogen-bond donors (Lipinski definition) is 0. The molecule has 0 aromatic heterocycles. The van der Waals surface area contributed by atoms with Gasteiger partial charge in [-0.15, -0.1) is 12.8 Å². The minimum atomic E-state index is -0.266. The third-order valence-electron chi connectivity index (χ3n) is 11.8. The third-order valence-corrected chi connectivity index (χ3v) is 11.8. The van der Waals surface area contributed by atoms with Crippen molar-refractivity contribution in [2.45, 2.75) is 26.2 Å². The summed E-state index contributed by atoms with van der Waals surface area (Å²) in [6.45, 7) is 6.41. The van der Waals surface area contributed by atoms with Gasteiger partial charge >= 0.3 is 0 Å². The van der Waals surface area contributed by atoms with Gasteiger partial charge in [0.25, 0.3) is 0 Å². The van der Waals surface area contributed by atoms with E-state index < -0.39 is 0 Å². The van der Waals surface area contributed by atoms with Gasteiger partial charge in [0.15, 0.2) is 0 Å². The third kappa shape index (κ3) is 7.39. The molecule has 0 fully saturated rings. The van der Waals surface area contributed by atoms with Crippen molar-refractivity contribution in [3.8, 4) is 68.5 Å². The van der Waals surface area contributed by atoms with Crippen LogP contribution < -0.4 is 0 Å². The van der Waals surface area contributed by atoms with Crippen molar-refractivity contribution < 1.29 is 0 Å². The summed E-state index contributed by atoms with van der Waals surface area (Å²) in [4.78, 5) is 0. The molecule has 0 heterocycles. The van der Waals surface area contributed by atoms with Crippen molar-refractivity contribution in [1.29, 1.82) is 0 Å². The molecular formula is C60H48. The van der Waals surface area contributed by atoms with Gasteiger partial charge in [-0.3, -0.25) is 0 Å². The summed E-state index contributed by atoms with van der Waals surface area (Å²) in [6.07, 6.45) is 8.00. The first-order valence-electron chi connectivity index (χ1n) is 20.6. The molecule has 0 amide bonds. The van der Waals surface area contributed by atoms with E-state index in [1.165, 1.54) is 94.6 Å². The Balaban J connectivity index is 0.000000147. The molecule has 60 heavy (non-hydrogen) atoms. The lowest BCUT2D eigenvalue weighted by Crippen LogP contribution is -2.25. The summed E-state index contributed by atoms with van der Waals surface area (Å²) < 4.78 is 0. The number of benzene rings is 9. The second-order valence-corrected chi connectivity index (χ2v) is 15.4. The number of terminal acetylenes is 1. The lowest BCUT2D eigenvalue weighted by Gasteiger charge is -2.30. The summed E-state index contributed by atoms with van der Waals surface area (Å²) in [7, 11) is 0. The van der Waals surface area contributed by atoms with E-state index in [0.717, 1.165) is 0 Å². The van der Waals surface area contributed by atoms with Crippen LogP contribution >= 0.6 is 0 Å². The van der Waals surface area contributed by atoms with Crippen LogP contribution in [0, 0.1) is 33.6 Å². The summed E-state index contributed by atoms with van der Waals surface area (Å²) in [5.74, 6) is 0. The van der Waals surface area contributed by atoms with Crippen molar-refractivity contribution in [1.82, 2.24) is 0 Å². The highest BCUT2D eigenvalue weighted by Gasteiger charge is 2.51. The second kappa shape index (κ2) is 17.6. The van der Waals surface area contributed by atoms with Crippen molar-refractivity contribution in [2.24, 2.45) is 0 Å². The number of fused-ring (bicyclic) bond motifs is 10. The molecule has 0 saturated heterocycles. The van der Waals surface area contributed by atoms with E-state index in [2.05, 4.69) is 246 Å². The van der Waals surface area contributed by atoms with E-state index in [0.29, 0.717) is 0 Å². The van der Waals surface area contributed by atoms with E-state index in [4.69, 9.17) is 0 Å². The van der Waals surface area contributed by atoms with Crippen molar-refractivity contribution >= 4 is 0 Å². The monoisotopic (exact) mass is 768 g/mol. The average molecular weight is 769 g/mol. The fourth-order valence-electron chi connectivity index (χ4n) is 8.91. The number of rotatable bonds is 3. The van der Waals surface area contributed by atoms with E-state index in [1.807, 2.05) is 12.1 Å². The van der Waals surface area contributed by atoms with Crippen LogP contribution in [0.4, 0.5) is 0 Å². The molecule has 0 unspecified atom stereocenters. The van der Waals surface area contributed by atoms with Crippen LogP contribution in [0.2, 0.25) is 0 Å². The van der Waals surface area contributed by atoms with Crippen LogP contribution in [0.1, 0.15) is 38.9 Å². The summed E-state index contributed by atoms with van der Waals surface area (Å²) >= 11 is 0. The van der Waals surface area contributed by atoms with E-state index in [-0.39, 0.29) is 5.41 Å². The quantitative estimate of drug-likeness (QED) is 0.157. The Morgan fingerprint density at radius 2 is 0.583 bits per heavy atom. The van der Waals surface area contributed by atoms with E-state index in [9.17, 15) is 0 Å². The maximum atomic E-state index is 4.00. The predicted octanol–water partition coefficient (Wildman–Crippen LogP) is 15.6. The maximum absolute atomic E-state index is 4.00. The number of aryl methyl sites for hydroxylation is 3. The van der Waals surface area contributed by atoms with Gasteiger partial charge in [-0.25, -0.2) is 0 Å². The molecule has 0 aliphatic heterocycles. The Hall–Kier alpha value is -7.46. The highest BCUT2D eigenvalue weighted by molar-refractivity contribution is 5.96. The van der Waals surface area contributed by atoms with Gasteiger partial charge in [-0.2, -0.15) is 0 Å². The number of hydrogen-bond acceptors (Lipinski definition) is 0. The van der Waals surface area contributed by atoms with Gasteiger partial charge in [0.05, 0.1) is 5.41 Å². The topological polar surface area (TPSA) is 0 Å². The zero-order valence-electron chi connectivity index (χ0n) is 34.5. The standard InChI is InChI=1S/C32H22.2C13H12.C2H2/c1-21-10-2-3-11-23(21)22-18-19-27-26-14-6-9-17-30(26)32(31(27)20-22)28-15-7-4-12-24(28)25-13-5-8-16-29(25)32;2*1-11-7-9-13(10-8-11)12-5-3-2-4-6-12;1-2/h2-20H,1H3;2*2-10H,1H3;1-2H. The smallest absolute Gasteiger partial charge is 0.0725 e. The molecule has 0 heteroatoms. The van der Waals surface area contributed by atoms with Crippen molar-refractivity contribution in [3.63, 3.8) is 0 Å². The van der Waals surface area contributed by atoms with Crippen LogP contribution in [0.5, 0.6) is 0 Å².